The van der Waals surface area contributed by atoms with Crippen LogP contribution in [-0.2, 0) is 6.54 Å². The Morgan fingerprint density at radius 2 is 1.73 bits per heavy atom. The van der Waals surface area contributed by atoms with E-state index in [2.05, 4.69) is 15.3 Å². The molecule has 0 fully saturated rings. The van der Waals surface area contributed by atoms with Gasteiger partial charge in [0.1, 0.15) is 6.73 Å². The smallest absolute Gasteiger partial charge is 0.215 e. The first-order valence-electron chi connectivity index (χ1n) is 7.18. The van der Waals surface area contributed by atoms with E-state index in [0.29, 0.717) is 19.2 Å². The Bertz CT molecular complexity index is 702. The van der Waals surface area contributed by atoms with Gasteiger partial charge < -0.3 is 4.74 Å². The molecule has 0 aliphatic rings. The Labute approximate surface area is 129 Å². The van der Waals surface area contributed by atoms with E-state index in [9.17, 15) is 0 Å². The Balaban J connectivity index is 1.55. The van der Waals surface area contributed by atoms with Crippen LogP contribution in [-0.4, -0.2) is 16.7 Å². The molecule has 0 aliphatic carbocycles. The lowest BCUT2D eigenvalue weighted by Gasteiger charge is -2.08. The molecule has 0 saturated heterocycles. The quantitative estimate of drug-likeness (QED) is 0.559. The summed E-state index contributed by atoms with van der Waals surface area (Å²) in [4.78, 5) is 8.75. The molecule has 0 bridgehead atoms. The van der Waals surface area contributed by atoms with Gasteiger partial charge in [0.25, 0.3) is 0 Å². The number of pyridine rings is 2. The minimum Gasteiger partial charge on any atom is -0.462 e. The zero-order valence-corrected chi connectivity index (χ0v) is 12.1. The van der Waals surface area contributed by atoms with Gasteiger partial charge in [-0.2, -0.15) is 0 Å². The molecule has 3 rings (SSSR count). The van der Waals surface area contributed by atoms with Crippen LogP contribution in [0, 0.1) is 0 Å². The SMILES string of the molecule is c1ccc(-c2cccc(OCNCc3ccccn3)n2)cc1. The molecule has 0 atom stereocenters. The molecule has 0 spiro atoms. The van der Waals surface area contributed by atoms with E-state index >= 15 is 0 Å². The maximum absolute atomic E-state index is 5.64. The first kappa shape index (κ1) is 14.2. The molecule has 0 aliphatic heterocycles. The molecule has 2 heterocycles. The van der Waals surface area contributed by atoms with E-state index in [4.69, 9.17) is 4.74 Å². The van der Waals surface area contributed by atoms with E-state index in [1.54, 1.807) is 6.20 Å². The van der Waals surface area contributed by atoms with Gasteiger partial charge >= 0.3 is 0 Å². The Morgan fingerprint density at radius 1 is 0.864 bits per heavy atom. The van der Waals surface area contributed by atoms with Gasteiger partial charge in [-0.1, -0.05) is 42.5 Å². The highest BCUT2D eigenvalue weighted by atomic mass is 16.5. The fourth-order valence-corrected chi connectivity index (χ4v) is 2.07. The maximum Gasteiger partial charge on any atom is 0.215 e. The van der Waals surface area contributed by atoms with Crippen LogP contribution in [0.4, 0.5) is 0 Å². The number of hydrogen-bond donors (Lipinski definition) is 1. The molecular formula is C18H17N3O. The van der Waals surface area contributed by atoms with Crippen molar-refractivity contribution in [2.75, 3.05) is 6.73 Å². The Hall–Kier alpha value is -2.72. The summed E-state index contributed by atoms with van der Waals surface area (Å²) in [6, 6.07) is 21.7. The normalized spacial score (nSPS) is 10.4. The molecular weight excluding hydrogens is 274 g/mol. The summed E-state index contributed by atoms with van der Waals surface area (Å²) in [6.45, 7) is 1.06. The van der Waals surface area contributed by atoms with Gasteiger partial charge in [0.15, 0.2) is 0 Å². The highest BCUT2D eigenvalue weighted by Gasteiger charge is 2.01. The van der Waals surface area contributed by atoms with Crippen molar-refractivity contribution in [2.24, 2.45) is 0 Å². The first-order chi connectivity index (χ1) is 10.9. The van der Waals surface area contributed by atoms with Crippen LogP contribution < -0.4 is 10.1 Å². The highest BCUT2D eigenvalue weighted by Crippen LogP contribution is 2.18. The molecule has 0 unspecified atom stereocenters. The number of nitrogens with zero attached hydrogens (tertiary/aromatic N) is 2. The summed E-state index contributed by atoms with van der Waals surface area (Å²) in [7, 11) is 0. The summed E-state index contributed by atoms with van der Waals surface area (Å²) < 4.78 is 5.64. The van der Waals surface area contributed by atoms with Crippen molar-refractivity contribution < 1.29 is 4.74 Å². The molecule has 110 valence electrons. The van der Waals surface area contributed by atoms with Crippen LogP contribution in [0.3, 0.4) is 0 Å². The van der Waals surface area contributed by atoms with Gasteiger partial charge in [-0.3, -0.25) is 10.3 Å². The summed E-state index contributed by atoms with van der Waals surface area (Å²) >= 11 is 0. The van der Waals surface area contributed by atoms with E-state index in [-0.39, 0.29) is 0 Å². The van der Waals surface area contributed by atoms with Gasteiger partial charge in [0.05, 0.1) is 11.4 Å². The zero-order chi connectivity index (χ0) is 15.0. The molecule has 1 N–H and O–H groups in total. The third kappa shape index (κ3) is 3.90. The number of hydrogen-bond acceptors (Lipinski definition) is 4. The summed E-state index contributed by atoms with van der Waals surface area (Å²) in [5, 5.41) is 3.18. The van der Waals surface area contributed by atoms with Crippen molar-refractivity contribution >= 4 is 0 Å². The summed E-state index contributed by atoms with van der Waals surface area (Å²) in [5.41, 5.74) is 2.97. The monoisotopic (exact) mass is 291 g/mol. The predicted molar refractivity (Wildman–Crippen MR) is 86.2 cm³/mol. The van der Waals surface area contributed by atoms with Gasteiger partial charge in [0.2, 0.25) is 5.88 Å². The van der Waals surface area contributed by atoms with Crippen LogP contribution in [0.25, 0.3) is 11.3 Å². The molecule has 4 nitrogen and oxygen atoms in total. The maximum atomic E-state index is 5.64. The fourth-order valence-electron chi connectivity index (χ4n) is 2.07. The molecule has 0 saturated carbocycles. The van der Waals surface area contributed by atoms with Crippen molar-refractivity contribution in [3.8, 4) is 17.1 Å². The van der Waals surface area contributed by atoms with Crippen molar-refractivity contribution in [2.45, 2.75) is 6.54 Å². The second-order valence-corrected chi connectivity index (χ2v) is 4.76. The minimum absolute atomic E-state index is 0.391. The standard InChI is InChI=1S/C18H17N3O/c1-2-7-15(8-3-1)17-10-6-11-18(21-17)22-14-19-13-16-9-4-5-12-20-16/h1-12,19H,13-14H2. The predicted octanol–water partition coefficient (Wildman–Crippen LogP) is 3.27. The second kappa shape index (κ2) is 7.33. The molecule has 4 heteroatoms. The van der Waals surface area contributed by atoms with Gasteiger partial charge in [-0.05, 0) is 18.2 Å². The summed E-state index contributed by atoms with van der Waals surface area (Å²) in [6.07, 6.45) is 1.78. The van der Waals surface area contributed by atoms with Gasteiger partial charge in [-0.25, -0.2) is 4.98 Å². The number of ether oxygens (including phenoxy) is 1. The van der Waals surface area contributed by atoms with E-state index in [1.807, 2.05) is 66.7 Å². The topological polar surface area (TPSA) is 47.0 Å². The van der Waals surface area contributed by atoms with E-state index < -0.39 is 0 Å². The largest absolute Gasteiger partial charge is 0.462 e. The van der Waals surface area contributed by atoms with Crippen molar-refractivity contribution in [1.29, 1.82) is 0 Å². The van der Waals surface area contributed by atoms with Gasteiger partial charge in [-0.15, -0.1) is 0 Å². The van der Waals surface area contributed by atoms with E-state index in [1.165, 1.54) is 0 Å². The molecule has 22 heavy (non-hydrogen) atoms. The average Bonchev–Trinajstić information content (AvgIpc) is 2.61. The van der Waals surface area contributed by atoms with Crippen LogP contribution in [0.5, 0.6) is 5.88 Å². The third-order valence-corrected chi connectivity index (χ3v) is 3.15. The summed E-state index contributed by atoms with van der Waals surface area (Å²) in [5.74, 6) is 0.606. The Morgan fingerprint density at radius 3 is 2.55 bits per heavy atom. The van der Waals surface area contributed by atoms with Crippen molar-refractivity contribution in [3.05, 3.63) is 78.6 Å². The van der Waals surface area contributed by atoms with Crippen LogP contribution in [0.1, 0.15) is 5.69 Å². The Kier molecular flexibility index (Phi) is 4.74. The number of nitrogens with one attached hydrogen (secondary N) is 1. The minimum atomic E-state index is 0.391. The number of aromatic nitrogens is 2. The molecule has 2 aromatic heterocycles. The fraction of sp³-hybridized carbons (Fsp3) is 0.111. The third-order valence-electron chi connectivity index (χ3n) is 3.15. The van der Waals surface area contributed by atoms with E-state index in [0.717, 1.165) is 17.0 Å². The first-order valence-corrected chi connectivity index (χ1v) is 7.18. The lowest BCUT2D eigenvalue weighted by atomic mass is 10.1. The van der Waals surface area contributed by atoms with Crippen LogP contribution in [0.2, 0.25) is 0 Å². The second-order valence-electron chi connectivity index (χ2n) is 4.76. The number of rotatable bonds is 6. The van der Waals surface area contributed by atoms with Gasteiger partial charge in [0, 0.05) is 24.4 Å². The highest BCUT2D eigenvalue weighted by molar-refractivity contribution is 5.59. The zero-order valence-electron chi connectivity index (χ0n) is 12.1. The average molecular weight is 291 g/mol. The molecule has 0 amide bonds. The van der Waals surface area contributed by atoms with Crippen LogP contribution >= 0.6 is 0 Å². The van der Waals surface area contributed by atoms with Crippen LogP contribution in [0.15, 0.2) is 72.9 Å². The molecule has 3 aromatic rings. The van der Waals surface area contributed by atoms with Crippen molar-refractivity contribution in [1.82, 2.24) is 15.3 Å². The number of benzene rings is 1. The van der Waals surface area contributed by atoms with Crippen molar-refractivity contribution in [3.63, 3.8) is 0 Å². The molecule has 0 radical (unpaired) electrons. The molecule has 1 aromatic carbocycles. The lowest BCUT2D eigenvalue weighted by molar-refractivity contribution is 0.271. The lowest BCUT2D eigenvalue weighted by Crippen LogP contribution is -2.20.